The maximum atomic E-state index is 11.7. The summed E-state index contributed by atoms with van der Waals surface area (Å²) in [5, 5.41) is 0. The maximum Gasteiger partial charge on any atom is 0.146 e. The Bertz CT molecular complexity index is 267. The first-order valence-corrected chi connectivity index (χ1v) is 4.96. The zero-order valence-corrected chi connectivity index (χ0v) is 7.66. The maximum absolute atomic E-state index is 11.7. The highest BCUT2D eigenvalue weighted by Crippen LogP contribution is 2.43. The summed E-state index contributed by atoms with van der Waals surface area (Å²) >= 11 is 0. The molecule has 0 spiro atoms. The molecule has 0 radical (unpaired) electrons. The number of Topliss-reactive ketones (excluding diaryl/α,β-unsaturated/α-hetero) is 1. The van der Waals surface area contributed by atoms with Crippen LogP contribution in [0.25, 0.3) is 0 Å². The van der Waals surface area contributed by atoms with Gasteiger partial charge in [-0.25, -0.2) is 0 Å². The number of rotatable bonds is 1. The SMILES string of the molecule is O=C[C@]12CCC=CC1CCCC2=O. The molecule has 0 aromatic carbocycles. The summed E-state index contributed by atoms with van der Waals surface area (Å²) in [5.74, 6) is 0.364. The van der Waals surface area contributed by atoms with Gasteiger partial charge in [0.2, 0.25) is 0 Å². The van der Waals surface area contributed by atoms with Crippen LogP contribution in [-0.2, 0) is 9.59 Å². The highest BCUT2D eigenvalue weighted by atomic mass is 16.1. The molecule has 1 unspecified atom stereocenters. The summed E-state index contributed by atoms with van der Waals surface area (Å²) in [4.78, 5) is 22.8. The van der Waals surface area contributed by atoms with E-state index < -0.39 is 5.41 Å². The Hall–Kier alpha value is -0.920. The molecule has 0 aromatic heterocycles. The average molecular weight is 178 g/mol. The van der Waals surface area contributed by atoms with Crippen molar-refractivity contribution in [1.29, 1.82) is 0 Å². The van der Waals surface area contributed by atoms with Gasteiger partial charge in [0.25, 0.3) is 0 Å². The number of carbonyl (C=O) groups is 2. The van der Waals surface area contributed by atoms with Crippen LogP contribution in [0, 0.1) is 11.3 Å². The van der Waals surface area contributed by atoms with Crippen LogP contribution in [-0.4, -0.2) is 12.1 Å². The van der Waals surface area contributed by atoms with Gasteiger partial charge < -0.3 is 4.79 Å². The Kier molecular flexibility index (Phi) is 2.06. The van der Waals surface area contributed by atoms with Crippen LogP contribution in [0.2, 0.25) is 0 Å². The monoisotopic (exact) mass is 178 g/mol. The van der Waals surface area contributed by atoms with Crippen molar-refractivity contribution >= 4 is 12.1 Å². The minimum Gasteiger partial charge on any atom is -0.302 e. The third-order valence-electron chi connectivity index (χ3n) is 3.40. The first kappa shape index (κ1) is 8.67. The molecule has 0 aromatic rings. The van der Waals surface area contributed by atoms with E-state index in [9.17, 15) is 9.59 Å². The first-order valence-electron chi connectivity index (χ1n) is 4.96. The lowest BCUT2D eigenvalue weighted by atomic mass is 9.62. The van der Waals surface area contributed by atoms with Gasteiger partial charge in [-0.3, -0.25) is 4.79 Å². The number of fused-ring (bicyclic) bond motifs is 1. The van der Waals surface area contributed by atoms with Gasteiger partial charge in [-0.15, -0.1) is 0 Å². The average Bonchev–Trinajstić information content (AvgIpc) is 2.19. The van der Waals surface area contributed by atoms with Crippen LogP contribution < -0.4 is 0 Å². The van der Waals surface area contributed by atoms with E-state index in [2.05, 4.69) is 12.2 Å². The smallest absolute Gasteiger partial charge is 0.146 e. The number of ketones is 1. The molecule has 0 bridgehead atoms. The van der Waals surface area contributed by atoms with Gasteiger partial charge >= 0.3 is 0 Å². The standard InChI is InChI=1S/C11H14O2/c12-8-11-7-2-1-4-9(11)5-3-6-10(11)13/h1,4,8-9H,2-3,5-7H2/t9?,11-/m1/s1. The van der Waals surface area contributed by atoms with Crippen LogP contribution in [0.3, 0.4) is 0 Å². The van der Waals surface area contributed by atoms with Crippen molar-refractivity contribution in [3.8, 4) is 0 Å². The van der Waals surface area contributed by atoms with Gasteiger partial charge in [0.05, 0.1) is 5.41 Å². The van der Waals surface area contributed by atoms with Crippen molar-refractivity contribution in [2.24, 2.45) is 11.3 Å². The summed E-state index contributed by atoms with van der Waals surface area (Å²) in [6.45, 7) is 0. The molecule has 0 heterocycles. The summed E-state index contributed by atoms with van der Waals surface area (Å²) in [7, 11) is 0. The summed E-state index contributed by atoms with van der Waals surface area (Å²) < 4.78 is 0. The Labute approximate surface area is 78.0 Å². The predicted molar refractivity (Wildman–Crippen MR) is 49.2 cm³/mol. The van der Waals surface area contributed by atoms with E-state index in [0.717, 1.165) is 32.0 Å². The highest BCUT2D eigenvalue weighted by molar-refractivity contribution is 5.99. The van der Waals surface area contributed by atoms with Crippen molar-refractivity contribution in [3.63, 3.8) is 0 Å². The van der Waals surface area contributed by atoms with E-state index in [0.29, 0.717) is 6.42 Å². The number of hydrogen-bond donors (Lipinski definition) is 0. The fourth-order valence-electron chi connectivity index (χ4n) is 2.57. The van der Waals surface area contributed by atoms with Gasteiger partial charge in [0.15, 0.2) is 0 Å². The van der Waals surface area contributed by atoms with Crippen LogP contribution in [0.15, 0.2) is 12.2 Å². The van der Waals surface area contributed by atoms with Crippen molar-refractivity contribution in [1.82, 2.24) is 0 Å². The van der Waals surface area contributed by atoms with E-state index in [4.69, 9.17) is 0 Å². The van der Waals surface area contributed by atoms with E-state index in [-0.39, 0.29) is 11.7 Å². The van der Waals surface area contributed by atoms with E-state index >= 15 is 0 Å². The molecule has 1 fully saturated rings. The summed E-state index contributed by atoms with van der Waals surface area (Å²) in [5.41, 5.74) is -0.632. The highest BCUT2D eigenvalue weighted by Gasteiger charge is 2.46. The first-order chi connectivity index (χ1) is 6.29. The molecule has 0 N–H and O–H groups in total. The Morgan fingerprint density at radius 2 is 2.38 bits per heavy atom. The van der Waals surface area contributed by atoms with Crippen molar-refractivity contribution in [2.75, 3.05) is 0 Å². The lowest BCUT2D eigenvalue weighted by molar-refractivity contribution is -0.140. The minimum absolute atomic E-state index is 0.170. The lowest BCUT2D eigenvalue weighted by Crippen LogP contribution is -2.43. The van der Waals surface area contributed by atoms with Crippen LogP contribution in [0.4, 0.5) is 0 Å². The molecule has 70 valence electrons. The van der Waals surface area contributed by atoms with Gasteiger partial charge in [-0.05, 0) is 31.6 Å². The topological polar surface area (TPSA) is 34.1 Å². The van der Waals surface area contributed by atoms with E-state index in [1.165, 1.54) is 0 Å². The normalized spacial score (nSPS) is 38.5. The van der Waals surface area contributed by atoms with Gasteiger partial charge in [-0.2, -0.15) is 0 Å². The molecule has 2 nitrogen and oxygen atoms in total. The quantitative estimate of drug-likeness (QED) is 0.349. The van der Waals surface area contributed by atoms with Crippen LogP contribution >= 0.6 is 0 Å². The Morgan fingerprint density at radius 1 is 1.54 bits per heavy atom. The van der Waals surface area contributed by atoms with E-state index in [1.54, 1.807) is 0 Å². The largest absolute Gasteiger partial charge is 0.302 e. The molecular weight excluding hydrogens is 164 g/mol. The molecule has 2 rings (SSSR count). The van der Waals surface area contributed by atoms with Crippen LogP contribution in [0.5, 0.6) is 0 Å². The molecular formula is C11H14O2. The molecule has 2 atom stereocenters. The second kappa shape index (κ2) is 3.09. The van der Waals surface area contributed by atoms with E-state index in [1.807, 2.05) is 0 Å². The molecule has 0 aliphatic heterocycles. The molecule has 2 aliphatic carbocycles. The zero-order valence-electron chi connectivity index (χ0n) is 7.66. The van der Waals surface area contributed by atoms with Crippen molar-refractivity contribution in [2.45, 2.75) is 32.1 Å². The summed E-state index contributed by atoms with van der Waals surface area (Å²) in [6.07, 6.45) is 9.23. The second-order valence-electron chi connectivity index (χ2n) is 4.05. The second-order valence-corrected chi connectivity index (χ2v) is 4.05. The number of carbonyl (C=O) groups excluding carboxylic acids is 2. The van der Waals surface area contributed by atoms with Gasteiger partial charge in [-0.1, -0.05) is 12.2 Å². The molecule has 13 heavy (non-hydrogen) atoms. The zero-order chi connectivity index (χ0) is 9.31. The minimum atomic E-state index is -0.632. The third kappa shape index (κ3) is 1.16. The fourth-order valence-corrected chi connectivity index (χ4v) is 2.57. The lowest BCUT2D eigenvalue weighted by Gasteiger charge is -2.39. The molecule has 0 saturated heterocycles. The third-order valence-corrected chi connectivity index (χ3v) is 3.40. The number of allylic oxidation sites excluding steroid dienone is 2. The molecule has 1 saturated carbocycles. The predicted octanol–water partition coefficient (Wildman–Crippen LogP) is 1.89. The van der Waals surface area contributed by atoms with Crippen molar-refractivity contribution < 1.29 is 9.59 Å². The number of hydrogen-bond acceptors (Lipinski definition) is 2. The Balaban J connectivity index is 2.36. The molecule has 2 aliphatic rings. The number of aldehydes is 1. The molecule has 0 amide bonds. The fraction of sp³-hybridized carbons (Fsp3) is 0.636. The van der Waals surface area contributed by atoms with Crippen LogP contribution in [0.1, 0.15) is 32.1 Å². The van der Waals surface area contributed by atoms with Gasteiger partial charge in [0, 0.05) is 6.42 Å². The summed E-state index contributed by atoms with van der Waals surface area (Å²) in [6, 6.07) is 0. The Morgan fingerprint density at radius 3 is 3.08 bits per heavy atom. The molecule has 2 heteroatoms. The van der Waals surface area contributed by atoms with Gasteiger partial charge in [0.1, 0.15) is 12.1 Å². The van der Waals surface area contributed by atoms with Crippen molar-refractivity contribution in [3.05, 3.63) is 12.2 Å².